The van der Waals surface area contributed by atoms with Crippen molar-refractivity contribution in [1.82, 2.24) is 14.5 Å². The number of thiophene rings is 1. The number of rotatable bonds is 6. The number of carbonyl (C=O) groups is 1. The standard InChI is InChI=1S/C23H21N3O3S/c1-24-21(27)20-12-11-17(30-20)15-26-19-10-6-5-9-18(19)22(28)25(23(26)29)14-13-16-7-3-2-4-8-16/h2-12H,13-15H2,1H3,(H,24,27). The topological polar surface area (TPSA) is 73.1 Å². The Morgan fingerprint density at radius 3 is 2.43 bits per heavy atom. The molecule has 1 N–H and O–H groups in total. The van der Waals surface area contributed by atoms with Crippen LogP contribution in [0.5, 0.6) is 0 Å². The molecule has 4 aromatic rings. The third kappa shape index (κ3) is 3.84. The quantitative estimate of drug-likeness (QED) is 0.522. The largest absolute Gasteiger partial charge is 0.354 e. The van der Waals surface area contributed by atoms with Gasteiger partial charge in [-0.15, -0.1) is 11.3 Å². The molecule has 152 valence electrons. The second-order valence-electron chi connectivity index (χ2n) is 6.92. The monoisotopic (exact) mass is 419 g/mol. The molecular weight excluding hydrogens is 398 g/mol. The third-order valence-electron chi connectivity index (χ3n) is 5.03. The van der Waals surface area contributed by atoms with Crippen LogP contribution in [-0.2, 0) is 19.5 Å². The molecule has 0 bridgehead atoms. The van der Waals surface area contributed by atoms with Gasteiger partial charge in [0.2, 0.25) is 0 Å². The maximum Gasteiger partial charge on any atom is 0.331 e. The minimum Gasteiger partial charge on any atom is -0.354 e. The molecule has 0 spiro atoms. The Labute approximate surface area is 177 Å². The van der Waals surface area contributed by atoms with Crippen molar-refractivity contribution in [3.05, 3.63) is 103 Å². The first-order valence-electron chi connectivity index (χ1n) is 9.65. The highest BCUT2D eigenvalue weighted by molar-refractivity contribution is 7.14. The Hall–Kier alpha value is -3.45. The van der Waals surface area contributed by atoms with Gasteiger partial charge in [-0.3, -0.25) is 18.7 Å². The van der Waals surface area contributed by atoms with Crippen molar-refractivity contribution in [1.29, 1.82) is 0 Å². The molecule has 2 heterocycles. The van der Waals surface area contributed by atoms with Gasteiger partial charge in [-0.1, -0.05) is 42.5 Å². The molecule has 0 aliphatic rings. The Morgan fingerprint density at radius 2 is 1.67 bits per heavy atom. The van der Waals surface area contributed by atoms with Gasteiger partial charge in [-0.2, -0.15) is 0 Å². The molecule has 0 atom stereocenters. The van der Waals surface area contributed by atoms with E-state index in [0.717, 1.165) is 10.4 Å². The van der Waals surface area contributed by atoms with Crippen LogP contribution in [-0.4, -0.2) is 22.1 Å². The number of carbonyl (C=O) groups excluding carboxylic acids is 1. The van der Waals surface area contributed by atoms with E-state index in [-0.39, 0.29) is 17.2 Å². The number of hydrogen-bond acceptors (Lipinski definition) is 4. The van der Waals surface area contributed by atoms with E-state index >= 15 is 0 Å². The molecule has 6 nitrogen and oxygen atoms in total. The normalized spacial score (nSPS) is 11.0. The summed E-state index contributed by atoms with van der Waals surface area (Å²) in [4.78, 5) is 39.6. The van der Waals surface area contributed by atoms with Crippen molar-refractivity contribution in [3.63, 3.8) is 0 Å². The number of benzene rings is 2. The van der Waals surface area contributed by atoms with Gasteiger partial charge in [0.15, 0.2) is 0 Å². The summed E-state index contributed by atoms with van der Waals surface area (Å²) in [6, 6.07) is 20.5. The van der Waals surface area contributed by atoms with E-state index in [2.05, 4.69) is 5.32 Å². The lowest BCUT2D eigenvalue weighted by Crippen LogP contribution is -2.40. The van der Waals surface area contributed by atoms with Gasteiger partial charge >= 0.3 is 5.69 Å². The summed E-state index contributed by atoms with van der Waals surface area (Å²) in [6.45, 7) is 0.604. The first kappa shape index (κ1) is 19.8. The number of aryl methyl sites for hydroxylation is 1. The lowest BCUT2D eigenvalue weighted by Gasteiger charge is -2.13. The van der Waals surface area contributed by atoms with Crippen molar-refractivity contribution in [2.24, 2.45) is 0 Å². The van der Waals surface area contributed by atoms with Crippen molar-refractivity contribution in [2.75, 3.05) is 7.05 Å². The highest BCUT2D eigenvalue weighted by Crippen LogP contribution is 2.19. The fraction of sp³-hybridized carbons (Fsp3) is 0.174. The summed E-state index contributed by atoms with van der Waals surface area (Å²) >= 11 is 1.34. The molecule has 30 heavy (non-hydrogen) atoms. The average molecular weight is 420 g/mol. The fourth-order valence-corrected chi connectivity index (χ4v) is 4.41. The molecule has 7 heteroatoms. The van der Waals surface area contributed by atoms with Gasteiger partial charge < -0.3 is 5.32 Å². The molecule has 0 unspecified atom stereocenters. The van der Waals surface area contributed by atoms with Crippen LogP contribution in [0.15, 0.2) is 76.3 Å². The lowest BCUT2D eigenvalue weighted by molar-refractivity contribution is 0.0967. The Kier molecular flexibility index (Phi) is 5.63. The minimum absolute atomic E-state index is 0.156. The predicted octanol–water partition coefficient (Wildman–Crippen LogP) is 2.88. The van der Waals surface area contributed by atoms with E-state index in [9.17, 15) is 14.4 Å². The number of amides is 1. The van der Waals surface area contributed by atoms with E-state index in [1.807, 2.05) is 42.5 Å². The zero-order chi connectivity index (χ0) is 21.1. The van der Waals surface area contributed by atoms with Crippen LogP contribution >= 0.6 is 11.3 Å². The molecule has 0 aliphatic heterocycles. The summed E-state index contributed by atoms with van der Waals surface area (Å²) in [7, 11) is 1.59. The molecule has 4 rings (SSSR count). The predicted molar refractivity (Wildman–Crippen MR) is 119 cm³/mol. The van der Waals surface area contributed by atoms with Gasteiger partial charge in [-0.25, -0.2) is 4.79 Å². The zero-order valence-corrected chi connectivity index (χ0v) is 17.3. The minimum atomic E-state index is -0.343. The van der Waals surface area contributed by atoms with Crippen LogP contribution < -0.4 is 16.6 Å². The van der Waals surface area contributed by atoms with Gasteiger partial charge in [0.25, 0.3) is 11.5 Å². The van der Waals surface area contributed by atoms with E-state index in [4.69, 9.17) is 0 Å². The molecule has 1 amide bonds. The lowest BCUT2D eigenvalue weighted by atomic mass is 10.1. The van der Waals surface area contributed by atoms with Crippen molar-refractivity contribution < 1.29 is 4.79 Å². The smallest absolute Gasteiger partial charge is 0.331 e. The van der Waals surface area contributed by atoms with Crippen LogP contribution in [0.1, 0.15) is 20.1 Å². The molecule has 2 aromatic carbocycles. The number of nitrogens with one attached hydrogen (secondary N) is 1. The molecule has 0 fully saturated rings. The Morgan fingerprint density at radius 1 is 0.933 bits per heavy atom. The van der Waals surface area contributed by atoms with Crippen LogP contribution in [0.25, 0.3) is 10.9 Å². The molecule has 2 aromatic heterocycles. The van der Waals surface area contributed by atoms with Gasteiger partial charge in [0, 0.05) is 18.5 Å². The van der Waals surface area contributed by atoms with E-state index in [0.29, 0.717) is 35.3 Å². The van der Waals surface area contributed by atoms with Gasteiger partial charge in [-0.05, 0) is 36.2 Å². The highest BCUT2D eigenvalue weighted by Gasteiger charge is 2.15. The zero-order valence-electron chi connectivity index (χ0n) is 16.5. The number of aromatic nitrogens is 2. The maximum atomic E-state index is 13.3. The summed E-state index contributed by atoms with van der Waals surface area (Å²) in [5.74, 6) is -0.156. The summed E-state index contributed by atoms with van der Waals surface area (Å²) in [5.41, 5.74) is 1.04. The van der Waals surface area contributed by atoms with Crippen molar-refractivity contribution in [2.45, 2.75) is 19.5 Å². The Bertz CT molecular complexity index is 1320. The number of fused-ring (bicyclic) bond motifs is 1. The molecule has 0 radical (unpaired) electrons. The van der Waals surface area contributed by atoms with E-state index in [1.54, 1.807) is 35.9 Å². The van der Waals surface area contributed by atoms with Crippen LogP contribution in [0, 0.1) is 0 Å². The second kappa shape index (κ2) is 8.51. The van der Waals surface area contributed by atoms with Crippen molar-refractivity contribution >= 4 is 28.1 Å². The average Bonchev–Trinajstić information content (AvgIpc) is 3.25. The Balaban J connectivity index is 1.76. The SMILES string of the molecule is CNC(=O)c1ccc(Cn2c(=O)n(CCc3ccccc3)c(=O)c3ccccc32)s1. The molecule has 0 saturated carbocycles. The fourth-order valence-electron chi connectivity index (χ4n) is 3.47. The van der Waals surface area contributed by atoms with Crippen LogP contribution in [0.2, 0.25) is 0 Å². The first-order chi connectivity index (χ1) is 14.6. The van der Waals surface area contributed by atoms with Gasteiger partial charge in [0.1, 0.15) is 0 Å². The van der Waals surface area contributed by atoms with Crippen molar-refractivity contribution in [3.8, 4) is 0 Å². The second-order valence-corrected chi connectivity index (χ2v) is 8.09. The first-order valence-corrected chi connectivity index (χ1v) is 10.5. The molecule has 0 aliphatic carbocycles. The summed E-state index contributed by atoms with van der Waals surface area (Å²) in [6.07, 6.45) is 0.591. The molecular formula is C23H21N3O3S. The van der Waals surface area contributed by atoms with E-state index < -0.39 is 0 Å². The number of nitrogens with zero attached hydrogens (tertiary/aromatic N) is 2. The number of para-hydroxylation sites is 1. The summed E-state index contributed by atoms with van der Waals surface area (Å²) < 4.78 is 2.92. The van der Waals surface area contributed by atoms with Gasteiger partial charge in [0.05, 0.1) is 22.3 Å². The van der Waals surface area contributed by atoms with Crippen LogP contribution in [0.3, 0.4) is 0 Å². The van der Waals surface area contributed by atoms with Crippen LogP contribution in [0.4, 0.5) is 0 Å². The molecule has 0 saturated heterocycles. The maximum absolute atomic E-state index is 13.3. The third-order valence-corrected chi connectivity index (χ3v) is 6.09. The highest BCUT2D eigenvalue weighted by atomic mass is 32.1. The number of hydrogen-bond donors (Lipinski definition) is 1. The summed E-state index contributed by atoms with van der Waals surface area (Å²) in [5, 5.41) is 3.11. The van der Waals surface area contributed by atoms with E-state index in [1.165, 1.54) is 15.9 Å².